The number of aliphatic hydroxyl groups is 1. The van der Waals surface area contributed by atoms with E-state index in [9.17, 15) is 27.9 Å². The molecule has 0 aromatic heterocycles. The Bertz CT molecular complexity index is 1530. The molecular weight excluding hydrogens is 613 g/mol. The number of hydrogen-bond donors (Lipinski definition) is 2. The molecule has 6 aliphatic rings. The number of hydrogen-bond acceptors (Lipinski definition) is 6. The van der Waals surface area contributed by atoms with Gasteiger partial charge in [0.1, 0.15) is 6.10 Å². The van der Waals surface area contributed by atoms with E-state index >= 15 is 0 Å². The Hall–Kier alpha value is -3.31. The monoisotopic (exact) mass is 657 g/mol. The molecule has 7 rings (SSSR count). The Kier molecular flexibility index (Phi) is 7.82. The third-order valence-electron chi connectivity index (χ3n) is 11.5. The summed E-state index contributed by atoms with van der Waals surface area (Å²) in [6, 6.07) is 7.78. The van der Waals surface area contributed by atoms with E-state index in [4.69, 9.17) is 9.47 Å². The van der Waals surface area contributed by atoms with Crippen LogP contribution in [0.1, 0.15) is 71.3 Å². The molecule has 11 heteroatoms. The summed E-state index contributed by atoms with van der Waals surface area (Å²) in [5.74, 6) is -2.82. The van der Waals surface area contributed by atoms with Crippen molar-refractivity contribution in [2.75, 3.05) is 19.6 Å². The van der Waals surface area contributed by atoms with Gasteiger partial charge in [0.25, 0.3) is 5.91 Å². The van der Waals surface area contributed by atoms with Crippen LogP contribution in [0.25, 0.3) is 5.76 Å². The van der Waals surface area contributed by atoms with Gasteiger partial charge >= 0.3 is 12.3 Å². The van der Waals surface area contributed by atoms with Gasteiger partial charge in [-0.25, -0.2) is 0 Å². The topological polar surface area (TPSA) is 94.1 Å². The van der Waals surface area contributed by atoms with Crippen molar-refractivity contribution in [2.45, 2.75) is 96.1 Å². The summed E-state index contributed by atoms with van der Waals surface area (Å²) in [6.45, 7) is 9.14. The number of likely N-dealkylation sites (tertiary alicyclic amines) is 1. The lowest BCUT2D eigenvalue weighted by Crippen LogP contribution is -2.71. The van der Waals surface area contributed by atoms with Gasteiger partial charge in [0.15, 0.2) is 5.76 Å². The molecule has 254 valence electrons. The van der Waals surface area contributed by atoms with Gasteiger partial charge in [0.2, 0.25) is 11.5 Å². The number of ether oxygens (including phenoxy) is 3. The number of carbonyl (C=O) groups excluding carboxylic acids is 2. The molecule has 47 heavy (non-hydrogen) atoms. The summed E-state index contributed by atoms with van der Waals surface area (Å²) < 4.78 is 58.8. The largest absolute Gasteiger partial charge is 0.573 e. The molecule has 1 amide bonds. The van der Waals surface area contributed by atoms with Crippen molar-refractivity contribution < 1.29 is 46.6 Å². The summed E-state index contributed by atoms with van der Waals surface area (Å²) in [5, 5.41) is 13.4. The fourth-order valence-corrected chi connectivity index (χ4v) is 10.0. The second-order valence-corrected chi connectivity index (χ2v) is 15.0. The standard InChI is InChI=1S/C36H43F3N2O6/c1-21(2)19-41(20-23-12-13-23)17-16-34-26-10-7-11-28(34)45-32-29(34)25(18-27(26)41)14-15-35(32,46-22(3)42)40-33(44)31(47-36(37,38)39)30(43)24-8-5-4-6-9-24/h4-6,8-9,14-15,21,23,26-28,32H,7,10-13,16-20H2,1-3H3,(H-,40,43,44)/p+1/t26-,27+,28-,32?,34+,35?,41?/m0/s1. The normalized spacial score (nSPS) is 36.1. The van der Waals surface area contributed by atoms with E-state index in [2.05, 4.69) is 23.9 Å². The maximum absolute atomic E-state index is 13.8. The summed E-state index contributed by atoms with van der Waals surface area (Å²) in [5.41, 5.74) is -0.174. The van der Waals surface area contributed by atoms with Crippen molar-refractivity contribution in [1.82, 2.24) is 5.32 Å². The van der Waals surface area contributed by atoms with Crippen molar-refractivity contribution in [2.24, 2.45) is 23.2 Å². The number of rotatable bonds is 9. The van der Waals surface area contributed by atoms with Crippen LogP contribution in [0, 0.1) is 23.2 Å². The van der Waals surface area contributed by atoms with E-state index in [1.165, 1.54) is 50.6 Å². The second-order valence-electron chi connectivity index (χ2n) is 15.0. The lowest BCUT2D eigenvalue weighted by Gasteiger charge is -2.63. The molecule has 2 saturated carbocycles. The van der Waals surface area contributed by atoms with Gasteiger partial charge in [-0.05, 0) is 42.9 Å². The quantitative estimate of drug-likeness (QED) is 0.106. The predicted molar refractivity (Wildman–Crippen MR) is 166 cm³/mol. The molecule has 1 spiro atoms. The average Bonchev–Trinajstić information content (AvgIpc) is 3.74. The predicted octanol–water partition coefficient (Wildman–Crippen LogP) is 6.30. The van der Waals surface area contributed by atoms with Gasteiger partial charge in [0, 0.05) is 48.5 Å². The summed E-state index contributed by atoms with van der Waals surface area (Å²) in [6.07, 6.45) is 4.24. The van der Waals surface area contributed by atoms with E-state index in [0.29, 0.717) is 17.9 Å². The summed E-state index contributed by atoms with van der Waals surface area (Å²) >= 11 is 0. The van der Waals surface area contributed by atoms with Gasteiger partial charge in [-0.15, -0.1) is 13.2 Å². The molecule has 0 radical (unpaired) electrons. The van der Waals surface area contributed by atoms with Gasteiger partial charge in [-0.2, -0.15) is 0 Å². The highest BCUT2D eigenvalue weighted by atomic mass is 19.4. The smallest absolute Gasteiger partial charge is 0.504 e. The van der Waals surface area contributed by atoms with Crippen molar-refractivity contribution >= 4 is 17.6 Å². The number of nitrogens with one attached hydrogen (secondary N) is 1. The average molecular weight is 658 g/mol. The highest BCUT2D eigenvalue weighted by Crippen LogP contribution is 2.67. The fourth-order valence-electron chi connectivity index (χ4n) is 10.0. The molecule has 1 aromatic carbocycles. The molecule has 3 unspecified atom stereocenters. The number of esters is 1. The number of aliphatic hydroxyl groups excluding tert-OH is 1. The van der Waals surface area contributed by atoms with Crippen molar-refractivity contribution in [3.63, 3.8) is 0 Å². The number of alkyl halides is 3. The molecule has 7 atom stereocenters. The van der Waals surface area contributed by atoms with Crippen LogP contribution in [-0.4, -0.2) is 71.4 Å². The van der Waals surface area contributed by atoms with E-state index in [1.807, 2.05) is 6.08 Å². The number of halogens is 3. The van der Waals surface area contributed by atoms with Crippen LogP contribution >= 0.6 is 0 Å². The first-order chi connectivity index (χ1) is 22.3. The van der Waals surface area contributed by atoms with Gasteiger partial charge < -0.3 is 29.1 Å². The Morgan fingerprint density at radius 1 is 1.15 bits per heavy atom. The number of benzene rings is 1. The number of carbonyl (C=O) groups is 2. The van der Waals surface area contributed by atoms with Crippen LogP contribution in [0.4, 0.5) is 13.2 Å². The fraction of sp³-hybridized carbons (Fsp3) is 0.611. The number of allylic oxidation sites excluding steroid dienone is 1. The molecule has 2 aliphatic heterocycles. The number of nitrogens with zero attached hydrogens (tertiary/aromatic N) is 1. The Morgan fingerprint density at radius 2 is 1.89 bits per heavy atom. The third kappa shape index (κ3) is 5.47. The first-order valence-electron chi connectivity index (χ1n) is 17.0. The van der Waals surface area contributed by atoms with Gasteiger partial charge in [-0.1, -0.05) is 56.7 Å². The van der Waals surface area contributed by atoms with Crippen molar-refractivity contribution in [3.05, 3.63) is 65.0 Å². The van der Waals surface area contributed by atoms with Crippen molar-refractivity contribution in [3.8, 4) is 0 Å². The molecule has 8 nitrogen and oxygen atoms in total. The van der Waals surface area contributed by atoms with Gasteiger partial charge in [-0.3, -0.25) is 9.59 Å². The number of piperidine rings is 1. The Morgan fingerprint density at radius 3 is 2.55 bits per heavy atom. The van der Waals surface area contributed by atoms with Crippen LogP contribution in [0.5, 0.6) is 0 Å². The maximum Gasteiger partial charge on any atom is 0.573 e. The molecule has 4 fully saturated rings. The Balaban J connectivity index is 1.29. The van der Waals surface area contributed by atoms with E-state index in [0.717, 1.165) is 66.7 Å². The molecule has 4 aliphatic carbocycles. The van der Waals surface area contributed by atoms with Gasteiger partial charge in [0.05, 0.1) is 31.8 Å². The molecule has 2 heterocycles. The second kappa shape index (κ2) is 11.4. The first-order valence-corrected chi connectivity index (χ1v) is 17.0. The number of quaternary nitrogens is 1. The zero-order valence-electron chi connectivity index (χ0n) is 27.1. The SMILES string of the molecule is CC(=O)OC1(NC(=O)C(OC(F)(F)F)=C(O)c2ccccc2)C=CC2=C3C1O[C@H]1CCC[C@H]4[C@@H](C2)[N+](CC(C)C)(CC2CC2)CC[C@]314. The molecular formula is C36H44F3N2O6+. The molecule has 2 bridgehead atoms. The van der Waals surface area contributed by atoms with Crippen LogP contribution in [0.3, 0.4) is 0 Å². The van der Waals surface area contributed by atoms with E-state index in [-0.39, 0.29) is 17.1 Å². The Labute approximate surface area is 273 Å². The maximum atomic E-state index is 13.8. The lowest BCUT2D eigenvalue weighted by molar-refractivity contribution is -0.967. The molecule has 1 aromatic rings. The minimum absolute atomic E-state index is 0.0489. The van der Waals surface area contributed by atoms with Crippen LogP contribution < -0.4 is 5.32 Å². The number of amides is 1. The van der Waals surface area contributed by atoms with Crippen LogP contribution in [0.15, 0.2) is 59.4 Å². The zero-order chi connectivity index (χ0) is 33.4. The van der Waals surface area contributed by atoms with E-state index in [1.54, 1.807) is 12.1 Å². The minimum atomic E-state index is -5.28. The third-order valence-corrected chi connectivity index (χ3v) is 11.5. The lowest BCUT2D eigenvalue weighted by atomic mass is 9.50. The minimum Gasteiger partial charge on any atom is -0.504 e. The highest BCUT2D eigenvalue weighted by Gasteiger charge is 2.72. The zero-order valence-corrected chi connectivity index (χ0v) is 27.1. The summed E-state index contributed by atoms with van der Waals surface area (Å²) in [7, 11) is 0. The molecule has 2 saturated heterocycles. The van der Waals surface area contributed by atoms with Crippen LogP contribution in [0.2, 0.25) is 0 Å². The van der Waals surface area contributed by atoms with E-state index < -0.39 is 41.6 Å². The molecule has 2 N–H and O–H groups in total. The summed E-state index contributed by atoms with van der Waals surface area (Å²) in [4.78, 5) is 26.5. The van der Waals surface area contributed by atoms with Crippen LogP contribution in [-0.2, 0) is 23.8 Å². The highest BCUT2D eigenvalue weighted by molar-refractivity contribution is 5.98. The van der Waals surface area contributed by atoms with Crippen molar-refractivity contribution in [1.29, 1.82) is 0 Å². The first kappa shape index (κ1) is 32.2.